The van der Waals surface area contributed by atoms with Crippen LogP contribution in [0.3, 0.4) is 0 Å². The van der Waals surface area contributed by atoms with Crippen molar-refractivity contribution in [3.05, 3.63) is 0 Å². The van der Waals surface area contributed by atoms with E-state index in [9.17, 15) is 9.59 Å². The summed E-state index contributed by atoms with van der Waals surface area (Å²) < 4.78 is 0. The van der Waals surface area contributed by atoms with Crippen molar-refractivity contribution in [2.75, 3.05) is 19.8 Å². The van der Waals surface area contributed by atoms with E-state index < -0.39 is 5.54 Å². The number of amides is 3. The maximum atomic E-state index is 12.8. The summed E-state index contributed by atoms with van der Waals surface area (Å²) in [5.41, 5.74) is -0.601. The summed E-state index contributed by atoms with van der Waals surface area (Å²) in [5, 5.41) is 2.99. The van der Waals surface area contributed by atoms with Crippen LogP contribution in [0.1, 0.15) is 59.8 Å². The number of rotatable bonds is 6. The lowest BCUT2D eigenvalue weighted by Gasteiger charge is -2.32. The van der Waals surface area contributed by atoms with Gasteiger partial charge >= 0.3 is 6.03 Å². The second kappa shape index (κ2) is 6.99. The van der Waals surface area contributed by atoms with Gasteiger partial charge in [0.2, 0.25) is 0 Å². The van der Waals surface area contributed by atoms with E-state index >= 15 is 0 Å². The fourth-order valence-electron chi connectivity index (χ4n) is 3.72. The maximum Gasteiger partial charge on any atom is 0.326 e. The minimum absolute atomic E-state index is 0.00490. The van der Waals surface area contributed by atoms with Crippen LogP contribution in [0, 0.1) is 11.8 Å². The summed E-state index contributed by atoms with van der Waals surface area (Å²) in [6, 6.07) is -0.204. The number of hydrogen-bond donors (Lipinski definition) is 1. The molecule has 1 N–H and O–H groups in total. The third-order valence-corrected chi connectivity index (χ3v) is 4.54. The molecule has 1 saturated carbocycles. The molecular formula is C17H31N3O2. The average Bonchev–Trinajstić information content (AvgIpc) is 2.63. The molecule has 22 heavy (non-hydrogen) atoms. The van der Waals surface area contributed by atoms with Gasteiger partial charge in [-0.3, -0.25) is 9.69 Å². The molecule has 0 atom stereocenters. The molecule has 1 heterocycles. The summed E-state index contributed by atoms with van der Waals surface area (Å²) in [7, 11) is 0. The SMILES string of the molecule is CC(C)CN(CC(C)C)CN1C(=O)NC2(CCCCC2)C1=O. The standard InChI is InChI=1S/C17H31N3O2/c1-13(2)10-19(11-14(3)4)12-20-15(21)17(18-16(20)22)8-6-5-7-9-17/h13-14H,5-12H2,1-4H3,(H,18,22). The summed E-state index contributed by atoms with van der Waals surface area (Å²) in [6.45, 7) is 10.9. The molecule has 0 radical (unpaired) electrons. The molecule has 0 unspecified atom stereocenters. The maximum absolute atomic E-state index is 12.8. The first-order valence-electron chi connectivity index (χ1n) is 8.70. The summed E-state index contributed by atoms with van der Waals surface area (Å²) in [5.74, 6) is 1.03. The fraction of sp³-hybridized carbons (Fsp3) is 0.882. The van der Waals surface area contributed by atoms with Crippen molar-refractivity contribution in [3.63, 3.8) is 0 Å². The second-order valence-electron chi connectivity index (χ2n) is 7.77. The highest BCUT2D eigenvalue weighted by molar-refractivity contribution is 6.07. The minimum atomic E-state index is -0.601. The van der Waals surface area contributed by atoms with Crippen molar-refractivity contribution in [3.8, 4) is 0 Å². The molecule has 5 nitrogen and oxygen atoms in total. The monoisotopic (exact) mass is 309 g/mol. The molecule has 2 fully saturated rings. The van der Waals surface area contributed by atoms with E-state index in [1.165, 1.54) is 4.90 Å². The predicted molar refractivity (Wildman–Crippen MR) is 87.3 cm³/mol. The van der Waals surface area contributed by atoms with Gasteiger partial charge in [0.15, 0.2) is 0 Å². The molecule has 0 aromatic rings. The Morgan fingerprint density at radius 3 is 2.09 bits per heavy atom. The van der Waals surface area contributed by atoms with Crippen LogP contribution in [-0.4, -0.2) is 47.0 Å². The molecule has 1 saturated heterocycles. The van der Waals surface area contributed by atoms with E-state index in [1.54, 1.807) is 0 Å². The van der Waals surface area contributed by atoms with Crippen LogP contribution >= 0.6 is 0 Å². The highest BCUT2D eigenvalue weighted by atomic mass is 16.2. The predicted octanol–water partition coefficient (Wildman–Crippen LogP) is 2.81. The summed E-state index contributed by atoms with van der Waals surface area (Å²) in [4.78, 5) is 28.8. The van der Waals surface area contributed by atoms with Crippen LogP contribution in [0.25, 0.3) is 0 Å². The van der Waals surface area contributed by atoms with E-state index in [4.69, 9.17) is 0 Å². The quantitative estimate of drug-likeness (QED) is 0.768. The van der Waals surface area contributed by atoms with E-state index in [0.717, 1.165) is 45.2 Å². The molecular weight excluding hydrogens is 278 g/mol. The number of carbonyl (C=O) groups excluding carboxylic acids is 2. The number of imide groups is 1. The lowest BCUT2D eigenvalue weighted by Crippen LogP contribution is -2.49. The van der Waals surface area contributed by atoms with Crippen molar-refractivity contribution in [1.29, 1.82) is 0 Å². The zero-order valence-electron chi connectivity index (χ0n) is 14.5. The molecule has 1 spiro atoms. The molecule has 1 aliphatic carbocycles. The molecule has 0 aromatic heterocycles. The third-order valence-electron chi connectivity index (χ3n) is 4.54. The number of nitrogens with zero attached hydrogens (tertiary/aromatic N) is 2. The minimum Gasteiger partial charge on any atom is -0.323 e. The Kier molecular flexibility index (Phi) is 5.48. The molecule has 3 amide bonds. The molecule has 0 bridgehead atoms. The number of urea groups is 1. The van der Waals surface area contributed by atoms with E-state index in [-0.39, 0.29) is 11.9 Å². The van der Waals surface area contributed by atoms with Gasteiger partial charge in [-0.15, -0.1) is 0 Å². The average molecular weight is 309 g/mol. The van der Waals surface area contributed by atoms with Crippen LogP contribution in [0.4, 0.5) is 4.79 Å². The van der Waals surface area contributed by atoms with Crippen LogP contribution in [-0.2, 0) is 4.79 Å². The van der Waals surface area contributed by atoms with Gasteiger partial charge in [-0.05, 0) is 24.7 Å². The third kappa shape index (κ3) is 3.80. The zero-order chi connectivity index (χ0) is 16.3. The fourth-order valence-corrected chi connectivity index (χ4v) is 3.72. The Balaban J connectivity index is 2.06. The second-order valence-corrected chi connectivity index (χ2v) is 7.77. The Bertz CT molecular complexity index is 404. The van der Waals surface area contributed by atoms with Crippen LogP contribution in [0.2, 0.25) is 0 Å². The number of hydrogen-bond acceptors (Lipinski definition) is 3. The number of nitrogens with one attached hydrogen (secondary N) is 1. The lowest BCUT2D eigenvalue weighted by atomic mass is 9.82. The van der Waals surface area contributed by atoms with Gasteiger partial charge in [-0.25, -0.2) is 9.69 Å². The molecule has 0 aromatic carbocycles. The zero-order valence-corrected chi connectivity index (χ0v) is 14.5. The Morgan fingerprint density at radius 1 is 1.05 bits per heavy atom. The van der Waals surface area contributed by atoms with Gasteiger partial charge < -0.3 is 5.32 Å². The molecule has 126 valence electrons. The first-order valence-corrected chi connectivity index (χ1v) is 8.70. The molecule has 5 heteroatoms. The summed E-state index contributed by atoms with van der Waals surface area (Å²) >= 11 is 0. The van der Waals surface area contributed by atoms with Crippen molar-refractivity contribution in [2.45, 2.75) is 65.3 Å². The molecule has 2 aliphatic rings. The van der Waals surface area contributed by atoms with Gasteiger partial charge in [0.1, 0.15) is 5.54 Å². The van der Waals surface area contributed by atoms with Gasteiger partial charge in [0.25, 0.3) is 5.91 Å². The van der Waals surface area contributed by atoms with Gasteiger partial charge in [-0.1, -0.05) is 47.0 Å². The first kappa shape index (κ1) is 17.3. The van der Waals surface area contributed by atoms with Gasteiger partial charge in [0.05, 0.1) is 6.67 Å². The normalized spacial score (nSPS) is 21.5. The topological polar surface area (TPSA) is 52.6 Å². The van der Waals surface area contributed by atoms with Crippen molar-refractivity contribution < 1.29 is 9.59 Å². The Hall–Kier alpha value is -1.10. The van der Waals surface area contributed by atoms with E-state index in [0.29, 0.717) is 18.5 Å². The molecule has 1 aliphatic heterocycles. The van der Waals surface area contributed by atoms with Crippen molar-refractivity contribution in [2.24, 2.45) is 11.8 Å². The van der Waals surface area contributed by atoms with Gasteiger partial charge in [-0.2, -0.15) is 0 Å². The van der Waals surface area contributed by atoms with Gasteiger partial charge in [0, 0.05) is 13.1 Å². The number of carbonyl (C=O) groups is 2. The van der Waals surface area contributed by atoms with Crippen LogP contribution in [0.5, 0.6) is 0 Å². The van der Waals surface area contributed by atoms with Crippen LogP contribution < -0.4 is 5.32 Å². The van der Waals surface area contributed by atoms with E-state index in [1.807, 2.05) is 0 Å². The van der Waals surface area contributed by atoms with Crippen molar-refractivity contribution in [1.82, 2.24) is 15.1 Å². The van der Waals surface area contributed by atoms with Crippen LogP contribution in [0.15, 0.2) is 0 Å². The molecule has 2 rings (SSSR count). The lowest BCUT2D eigenvalue weighted by molar-refractivity contribution is -0.134. The Morgan fingerprint density at radius 2 is 1.59 bits per heavy atom. The first-order chi connectivity index (χ1) is 10.3. The van der Waals surface area contributed by atoms with E-state index in [2.05, 4.69) is 37.9 Å². The smallest absolute Gasteiger partial charge is 0.323 e. The van der Waals surface area contributed by atoms with Crippen molar-refractivity contribution >= 4 is 11.9 Å². The highest BCUT2D eigenvalue weighted by Gasteiger charge is 2.51. The Labute approximate surface area is 134 Å². The summed E-state index contributed by atoms with van der Waals surface area (Å²) in [6.07, 6.45) is 4.81. The largest absolute Gasteiger partial charge is 0.326 e. The highest BCUT2D eigenvalue weighted by Crippen LogP contribution is 2.33.